The van der Waals surface area contributed by atoms with E-state index in [1.807, 2.05) is 24.3 Å². The Morgan fingerprint density at radius 3 is 2.62 bits per heavy atom. The Morgan fingerprint density at radius 2 is 1.95 bits per heavy atom. The van der Waals surface area contributed by atoms with Crippen LogP contribution in [0.3, 0.4) is 0 Å². The molecular formula is C16H17ClFNOS. The third kappa shape index (κ3) is 5.32. The number of nitrogens with one attached hydrogen (secondary N) is 1. The van der Waals surface area contributed by atoms with Crippen LogP contribution in [0.2, 0.25) is 5.02 Å². The van der Waals surface area contributed by atoms with Gasteiger partial charge in [0.1, 0.15) is 5.82 Å². The number of benzene rings is 2. The van der Waals surface area contributed by atoms with Crippen molar-refractivity contribution in [2.24, 2.45) is 0 Å². The van der Waals surface area contributed by atoms with E-state index in [1.54, 1.807) is 25.3 Å². The van der Waals surface area contributed by atoms with Gasteiger partial charge in [-0.2, -0.15) is 0 Å². The number of halogens is 2. The van der Waals surface area contributed by atoms with Gasteiger partial charge in [-0.3, -0.25) is 0 Å². The summed E-state index contributed by atoms with van der Waals surface area (Å²) in [4.78, 5) is 1.57. The minimum absolute atomic E-state index is 0.207. The number of hydrogen-bond donors (Lipinski definition) is 1. The number of ether oxygens (including phenoxy) is 1. The largest absolute Gasteiger partial charge is 0.383 e. The lowest BCUT2D eigenvalue weighted by atomic mass is 10.2. The van der Waals surface area contributed by atoms with E-state index >= 15 is 0 Å². The first-order chi connectivity index (χ1) is 10.2. The fraction of sp³-hybridized carbons (Fsp3) is 0.250. The lowest BCUT2D eigenvalue weighted by Gasteiger charge is -2.07. The molecule has 0 amide bonds. The van der Waals surface area contributed by atoms with Crippen LogP contribution in [-0.4, -0.2) is 20.3 Å². The summed E-state index contributed by atoms with van der Waals surface area (Å²) in [6, 6.07) is 12.7. The summed E-state index contributed by atoms with van der Waals surface area (Å²) >= 11 is 7.23. The van der Waals surface area contributed by atoms with E-state index in [4.69, 9.17) is 16.3 Å². The van der Waals surface area contributed by atoms with Gasteiger partial charge >= 0.3 is 0 Å². The Bertz CT molecular complexity index is 577. The molecule has 0 saturated heterocycles. The lowest BCUT2D eigenvalue weighted by molar-refractivity contribution is 0.199. The molecule has 0 radical (unpaired) electrons. The molecular weight excluding hydrogens is 309 g/mol. The predicted octanol–water partition coefficient (Wildman–Crippen LogP) is 4.37. The molecule has 0 spiro atoms. The molecule has 112 valence electrons. The second kappa shape index (κ2) is 8.39. The van der Waals surface area contributed by atoms with Crippen molar-refractivity contribution in [2.75, 3.05) is 20.3 Å². The standard InChI is InChI=1S/C16H17ClFNOS/c1-20-9-8-19-11-12-2-7-16(15(18)10-12)21-14-5-3-13(17)4-6-14/h2-7,10,19H,8-9,11H2,1H3. The summed E-state index contributed by atoms with van der Waals surface area (Å²) in [7, 11) is 1.66. The molecule has 2 aromatic carbocycles. The van der Waals surface area contributed by atoms with Crippen molar-refractivity contribution in [1.29, 1.82) is 0 Å². The van der Waals surface area contributed by atoms with E-state index in [0.29, 0.717) is 23.1 Å². The average Bonchev–Trinajstić information content (AvgIpc) is 2.48. The van der Waals surface area contributed by atoms with Gasteiger partial charge in [0.15, 0.2) is 0 Å². The van der Waals surface area contributed by atoms with Crippen molar-refractivity contribution in [3.05, 3.63) is 58.9 Å². The van der Waals surface area contributed by atoms with Crippen LogP contribution in [-0.2, 0) is 11.3 Å². The molecule has 21 heavy (non-hydrogen) atoms. The maximum atomic E-state index is 14.1. The number of rotatable bonds is 7. The first kappa shape index (κ1) is 16.3. The van der Waals surface area contributed by atoms with Crippen molar-refractivity contribution in [1.82, 2.24) is 5.32 Å². The van der Waals surface area contributed by atoms with Gasteiger partial charge in [-0.1, -0.05) is 29.4 Å². The quantitative estimate of drug-likeness (QED) is 0.764. The Morgan fingerprint density at radius 1 is 1.19 bits per heavy atom. The molecule has 1 N–H and O–H groups in total. The molecule has 2 rings (SSSR count). The van der Waals surface area contributed by atoms with Gasteiger partial charge in [-0.15, -0.1) is 0 Å². The van der Waals surface area contributed by atoms with Crippen LogP contribution in [0.4, 0.5) is 4.39 Å². The zero-order chi connectivity index (χ0) is 15.1. The van der Waals surface area contributed by atoms with Crippen LogP contribution < -0.4 is 5.32 Å². The third-order valence-corrected chi connectivity index (χ3v) is 4.16. The van der Waals surface area contributed by atoms with E-state index in [2.05, 4.69) is 5.32 Å². The second-order valence-corrected chi connectivity index (χ2v) is 6.04. The number of methoxy groups -OCH3 is 1. The van der Waals surface area contributed by atoms with Crippen LogP contribution in [0.25, 0.3) is 0 Å². The molecule has 0 aliphatic carbocycles. The zero-order valence-corrected chi connectivity index (χ0v) is 13.3. The van der Waals surface area contributed by atoms with Crippen molar-refractivity contribution >= 4 is 23.4 Å². The third-order valence-electron chi connectivity index (χ3n) is 2.85. The summed E-state index contributed by atoms with van der Waals surface area (Å²) in [5, 5.41) is 3.87. The smallest absolute Gasteiger partial charge is 0.137 e. The normalized spacial score (nSPS) is 10.8. The van der Waals surface area contributed by atoms with Gasteiger partial charge in [0, 0.05) is 35.0 Å². The predicted molar refractivity (Wildman–Crippen MR) is 85.6 cm³/mol. The van der Waals surface area contributed by atoms with Gasteiger partial charge in [0.25, 0.3) is 0 Å². The summed E-state index contributed by atoms with van der Waals surface area (Å²) in [5.41, 5.74) is 0.920. The first-order valence-electron chi connectivity index (χ1n) is 6.60. The SMILES string of the molecule is COCCNCc1ccc(Sc2ccc(Cl)cc2)c(F)c1. The summed E-state index contributed by atoms with van der Waals surface area (Å²) in [6.07, 6.45) is 0. The summed E-state index contributed by atoms with van der Waals surface area (Å²) in [6.45, 7) is 2.03. The van der Waals surface area contributed by atoms with E-state index in [9.17, 15) is 4.39 Å². The van der Waals surface area contributed by atoms with Crippen molar-refractivity contribution < 1.29 is 9.13 Å². The van der Waals surface area contributed by atoms with Crippen molar-refractivity contribution in [2.45, 2.75) is 16.3 Å². The molecule has 0 saturated carbocycles. The van der Waals surface area contributed by atoms with E-state index < -0.39 is 0 Å². The van der Waals surface area contributed by atoms with Gasteiger partial charge < -0.3 is 10.1 Å². The van der Waals surface area contributed by atoms with Crippen LogP contribution in [0.5, 0.6) is 0 Å². The van der Waals surface area contributed by atoms with Crippen LogP contribution in [0, 0.1) is 5.82 Å². The zero-order valence-electron chi connectivity index (χ0n) is 11.7. The molecule has 0 fully saturated rings. The monoisotopic (exact) mass is 325 g/mol. The first-order valence-corrected chi connectivity index (χ1v) is 7.80. The highest BCUT2D eigenvalue weighted by Crippen LogP contribution is 2.30. The average molecular weight is 326 g/mol. The van der Waals surface area contributed by atoms with E-state index in [1.165, 1.54) is 11.8 Å². The molecule has 0 heterocycles. The molecule has 0 bridgehead atoms. The van der Waals surface area contributed by atoms with Crippen LogP contribution in [0.15, 0.2) is 52.3 Å². The molecule has 2 aromatic rings. The van der Waals surface area contributed by atoms with Crippen molar-refractivity contribution in [3.63, 3.8) is 0 Å². The minimum Gasteiger partial charge on any atom is -0.383 e. The van der Waals surface area contributed by atoms with Gasteiger partial charge in [0.05, 0.1) is 6.61 Å². The van der Waals surface area contributed by atoms with Gasteiger partial charge in [-0.25, -0.2) is 4.39 Å². The van der Waals surface area contributed by atoms with Gasteiger partial charge in [0.2, 0.25) is 0 Å². The highest BCUT2D eigenvalue weighted by molar-refractivity contribution is 7.99. The highest BCUT2D eigenvalue weighted by atomic mass is 35.5. The fourth-order valence-electron chi connectivity index (χ4n) is 1.77. The topological polar surface area (TPSA) is 21.3 Å². The molecule has 2 nitrogen and oxygen atoms in total. The fourth-order valence-corrected chi connectivity index (χ4v) is 2.72. The summed E-state index contributed by atoms with van der Waals surface area (Å²) < 4.78 is 19.0. The van der Waals surface area contributed by atoms with Crippen molar-refractivity contribution in [3.8, 4) is 0 Å². The van der Waals surface area contributed by atoms with E-state index in [0.717, 1.165) is 17.0 Å². The Labute approximate surface area is 133 Å². The summed E-state index contributed by atoms with van der Waals surface area (Å²) in [5.74, 6) is -0.207. The Hall–Kier alpha value is -1.07. The second-order valence-electron chi connectivity index (χ2n) is 4.49. The Balaban J connectivity index is 1.97. The van der Waals surface area contributed by atoms with Crippen LogP contribution >= 0.6 is 23.4 Å². The molecule has 0 aliphatic rings. The highest BCUT2D eigenvalue weighted by Gasteiger charge is 2.06. The molecule has 0 unspecified atom stereocenters. The molecule has 0 atom stereocenters. The van der Waals surface area contributed by atoms with E-state index in [-0.39, 0.29) is 5.82 Å². The molecule has 0 aliphatic heterocycles. The molecule has 5 heteroatoms. The maximum absolute atomic E-state index is 14.1. The maximum Gasteiger partial charge on any atom is 0.137 e. The lowest BCUT2D eigenvalue weighted by Crippen LogP contribution is -2.18. The Kier molecular flexibility index (Phi) is 6.51. The van der Waals surface area contributed by atoms with Gasteiger partial charge in [-0.05, 0) is 42.0 Å². The minimum atomic E-state index is -0.207. The van der Waals surface area contributed by atoms with Crippen LogP contribution in [0.1, 0.15) is 5.56 Å². The number of hydrogen-bond acceptors (Lipinski definition) is 3. The molecule has 0 aromatic heterocycles.